The molecule has 186 valence electrons. The zero-order valence-corrected chi connectivity index (χ0v) is 25.0. The van der Waals surface area contributed by atoms with Crippen LogP contribution in [0.5, 0.6) is 5.88 Å². The Labute approximate surface area is 214 Å². The summed E-state index contributed by atoms with van der Waals surface area (Å²) < 4.78 is 15.5. The van der Waals surface area contributed by atoms with Crippen molar-refractivity contribution in [3.8, 4) is 17.1 Å². The molecule has 1 atom stereocenters. The van der Waals surface area contributed by atoms with Gasteiger partial charge in [0.25, 0.3) is 0 Å². The maximum Gasteiger partial charge on any atom is 0.222 e. The molecular weight excluding hydrogens is 506 g/mol. The molecule has 0 aromatic carbocycles. The normalized spacial score (nSPS) is 13.6. The molecule has 0 fully saturated rings. The Morgan fingerprint density at radius 3 is 2.38 bits per heavy atom. The highest BCUT2D eigenvalue weighted by molar-refractivity contribution is 9.10. The van der Waals surface area contributed by atoms with Gasteiger partial charge in [0.2, 0.25) is 5.88 Å². The molecule has 3 heterocycles. The third kappa shape index (κ3) is 5.26. The van der Waals surface area contributed by atoms with Crippen molar-refractivity contribution >= 4 is 35.3 Å². The third-order valence-electron chi connectivity index (χ3n) is 7.17. The van der Waals surface area contributed by atoms with Gasteiger partial charge in [-0.15, -0.1) is 0 Å². The molecule has 0 saturated heterocycles. The predicted molar refractivity (Wildman–Crippen MR) is 149 cm³/mol. The molecule has 7 heteroatoms. The Kier molecular flexibility index (Phi) is 8.00. The summed E-state index contributed by atoms with van der Waals surface area (Å²) in [6.45, 7) is 20.8. The zero-order valence-electron chi connectivity index (χ0n) is 22.4. The number of fused-ring (bicyclic) bond motifs is 1. The largest absolute Gasteiger partial charge is 0.480 e. The molecule has 3 aromatic rings. The second-order valence-electron chi connectivity index (χ2n) is 11.0. The molecule has 0 spiro atoms. The number of halogens is 1. The smallest absolute Gasteiger partial charge is 0.222 e. The van der Waals surface area contributed by atoms with Gasteiger partial charge in [0, 0.05) is 16.4 Å². The van der Waals surface area contributed by atoms with Gasteiger partial charge in [-0.2, -0.15) is 0 Å². The molecule has 0 aliphatic rings. The molecule has 0 aliphatic carbocycles. The zero-order chi connectivity index (χ0) is 25.4. The first-order chi connectivity index (χ1) is 15.8. The van der Waals surface area contributed by atoms with E-state index in [1.165, 1.54) is 0 Å². The lowest BCUT2D eigenvalue weighted by Crippen LogP contribution is -2.42. The van der Waals surface area contributed by atoms with E-state index in [0.29, 0.717) is 18.4 Å². The number of ether oxygens (including phenoxy) is 1. The lowest BCUT2D eigenvalue weighted by Gasteiger charge is -2.37. The van der Waals surface area contributed by atoms with Crippen LogP contribution in [0.15, 0.2) is 28.9 Å². The number of aryl methyl sites for hydroxylation is 1. The fraction of sp³-hybridized carbons (Fsp3) is 0.556. The van der Waals surface area contributed by atoms with Crippen LogP contribution in [0.2, 0.25) is 18.1 Å². The summed E-state index contributed by atoms with van der Waals surface area (Å²) in [5.74, 6) is 0.933. The molecule has 3 aromatic heterocycles. The van der Waals surface area contributed by atoms with E-state index >= 15 is 0 Å². The molecule has 34 heavy (non-hydrogen) atoms. The monoisotopic (exact) mass is 545 g/mol. The Hall–Kier alpha value is -1.70. The van der Waals surface area contributed by atoms with Crippen molar-refractivity contribution in [3.05, 3.63) is 40.1 Å². The van der Waals surface area contributed by atoms with Gasteiger partial charge in [-0.1, -0.05) is 41.5 Å². The van der Waals surface area contributed by atoms with Crippen molar-refractivity contribution in [1.82, 2.24) is 14.5 Å². The number of rotatable bonds is 8. The van der Waals surface area contributed by atoms with Crippen LogP contribution in [0.1, 0.15) is 71.2 Å². The van der Waals surface area contributed by atoms with E-state index in [1.54, 1.807) is 7.11 Å². The van der Waals surface area contributed by atoms with Crippen molar-refractivity contribution in [2.24, 2.45) is 0 Å². The van der Waals surface area contributed by atoms with E-state index in [1.807, 2.05) is 0 Å². The molecule has 3 rings (SSSR count). The van der Waals surface area contributed by atoms with Crippen LogP contribution in [0, 0.1) is 6.92 Å². The van der Waals surface area contributed by atoms with E-state index in [2.05, 4.69) is 106 Å². The third-order valence-corrected chi connectivity index (χ3v) is 12.3. The van der Waals surface area contributed by atoms with Gasteiger partial charge in [0.1, 0.15) is 0 Å². The summed E-state index contributed by atoms with van der Waals surface area (Å²) in [6.07, 6.45) is 3.21. The fourth-order valence-electron chi connectivity index (χ4n) is 3.82. The van der Waals surface area contributed by atoms with Crippen LogP contribution in [-0.2, 0) is 4.43 Å². The van der Waals surface area contributed by atoms with Gasteiger partial charge in [0.05, 0.1) is 42.0 Å². The van der Waals surface area contributed by atoms with E-state index in [4.69, 9.17) is 19.1 Å². The fourth-order valence-corrected chi connectivity index (χ4v) is 5.39. The summed E-state index contributed by atoms with van der Waals surface area (Å²) in [7, 11) is -0.159. The first-order valence-corrected chi connectivity index (χ1v) is 15.9. The van der Waals surface area contributed by atoms with Crippen LogP contribution in [0.3, 0.4) is 0 Å². The highest BCUT2D eigenvalue weighted by Gasteiger charge is 2.37. The molecule has 0 amide bonds. The minimum absolute atomic E-state index is 0.192. The average molecular weight is 547 g/mol. The number of pyridine rings is 2. The van der Waals surface area contributed by atoms with E-state index in [0.717, 1.165) is 44.4 Å². The molecular formula is C27H40BrN3O2Si. The Bertz CT molecular complexity index is 1160. The number of hydrogen-bond donors (Lipinski definition) is 0. The standard InChI is InChI=1S/C27H40BrN3O2Si/c1-11-19(16-33-34(9,10)27(5,6)7)31-15-18(4)24-23(31)14-21(28)25(30-24)20-12-13-22(17(2)3)29-26(20)32-8/h12-15,17,19H,11,16H2,1-10H3/t19-/m0/s1. The van der Waals surface area contributed by atoms with Crippen molar-refractivity contribution in [3.63, 3.8) is 0 Å². The van der Waals surface area contributed by atoms with Crippen LogP contribution in [0.25, 0.3) is 22.3 Å². The Balaban J connectivity index is 2.04. The van der Waals surface area contributed by atoms with E-state index in [-0.39, 0.29) is 11.1 Å². The van der Waals surface area contributed by atoms with Crippen molar-refractivity contribution in [2.45, 2.75) is 85.0 Å². The maximum atomic E-state index is 6.60. The molecule has 0 aliphatic heterocycles. The van der Waals surface area contributed by atoms with Crippen LogP contribution >= 0.6 is 15.9 Å². The first kappa shape index (κ1) is 26.9. The van der Waals surface area contributed by atoms with Gasteiger partial charge < -0.3 is 13.7 Å². The predicted octanol–water partition coefficient (Wildman–Crippen LogP) is 8.27. The topological polar surface area (TPSA) is 49.2 Å². The molecule has 0 unspecified atom stereocenters. The molecule has 0 radical (unpaired) electrons. The summed E-state index contributed by atoms with van der Waals surface area (Å²) in [6, 6.07) is 6.56. The summed E-state index contributed by atoms with van der Waals surface area (Å²) in [5.41, 5.74) is 6.01. The number of methoxy groups -OCH3 is 1. The highest BCUT2D eigenvalue weighted by atomic mass is 79.9. The molecule has 0 saturated carbocycles. The average Bonchev–Trinajstić information content (AvgIpc) is 3.07. The van der Waals surface area contributed by atoms with Crippen LogP contribution < -0.4 is 4.74 Å². The summed E-state index contributed by atoms with van der Waals surface area (Å²) >= 11 is 3.79. The lowest BCUT2D eigenvalue weighted by molar-refractivity contribution is 0.228. The number of aromatic nitrogens is 3. The second kappa shape index (κ2) is 10.1. The van der Waals surface area contributed by atoms with Gasteiger partial charge in [-0.3, -0.25) is 0 Å². The Morgan fingerprint density at radius 1 is 1.15 bits per heavy atom. The summed E-state index contributed by atoms with van der Waals surface area (Å²) in [4.78, 5) is 9.82. The lowest BCUT2D eigenvalue weighted by atomic mass is 10.1. The highest BCUT2D eigenvalue weighted by Crippen LogP contribution is 2.39. The number of hydrogen-bond acceptors (Lipinski definition) is 4. The molecule has 0 bridgehead atoms. The first-order valence-electron chi connectivity index (χ1n) is 12.2. The SMILES string of the molecule is CC[C@@H](CO[Si](C)(C)C(C)(C)C)n1cc(C)c2nc(-c3ccc(C(C)C)nc3OC)c(Br)cc21. The minimum Gasteiger partial charge on any atom is -0.480 e. The minimum atomic E-state index is -1.82. The van der Waals surface area contributed by atoms with Crippen molar-refractivity contribution in [1.29, 1.82) is 0 Å². The van der Waals surface area contributed by atoms with Crippen LogP contribution in [-0.4, -0.2) is 36.6 Å². The van der Waals surface area contributed by atoms with Gasteiger partial charge >= 0.3 is 0 Å². The Morgan fingerprint density at radius 2 is 1.82 bits per heavy atom. The van der Waals surface area contributed by atoms with Gasteiger partial charge in [-0.25, -0.2) is 9.97 Å². The number of nitrogens with zero attached hydrogens (tertiary/aromatic N) is 3. The summed E-state index contributed by atoms with van der Waals surface area (Å²) in [5, 5.41) is 0.192. The van der Waals surface area contributed by atoms with Crippen LogP contribution in [0.4, 0.5) is 0 Å². The van der Waals surface area contributed by atoms with Gasteiger partial charge in [-0.05, 0) is 77.1 Å². The van der Waals surface area contributed by atoms with Crippen molar-refractivity contribution in [2.75, 3.05) is 13.7 Å². The molecule has 0 N–H and O–H groups in total. The van der Waals surface area contributed by atoms with E-state index in [9.17, 15) is 0 Å². The molecule has 5 nitrogen and oxygen atoms in total. The second-order valence-corrected chi connectivity index (χ2v) is 16.7. The quantitative estimate of drug-likeness (QED) is 0.267. The van der Waals surface area contributed by atoms with E-state index < -0.39 is 8.32 Å². The maximum absolute atomic E-state index is 6.60. The van der Waals surface area contributed by atoms with Crippen molar-refractivity contribution < 1.29 is 9.16 Å². The van der Waals surface area contributed by atoms with Gasteiger partial charge in [0.15, 0.2) is 8.32 Å².